The number of benzene rings is 1. The SMILES string of the molecule is CNCC(CNc1ccc(C)c(Br)c1)C(C)C. The topological polar surface area (TPSA) is 24.1 Å². The Hall–Kier alpha value is -0.540. The molecule has 0 radical (unpaired) electrons. The first-order valence-electron chi connectivity index (χ1n) is 6.19. The van der Waals surface area contributed by atoms with E-state index in [9.17, 15) is 0 Å². The normalized spacial score (nSPS) is 12.8. The smallest absolute Gasteiger partial charge is 0.0351 e. The average Bonchev–Trinajstić information content (AvgIpc) is 2.28. The summed E-state index contributed by atoms with van der Waals surface area (Å²) >= 11 is 3.56. The summed E-state index contributed by atoms with van der Waals surface area (Å²) in [6.07, 6.45) is 0. The molecular weight excluding hydrogens is 276 g/mol. The molecule has 0 amide bonds. The van der Waals surface area contributed by atoms with Gasteiger partial charge in [-0.25, -0.2) is 0 Å². The standard InChI is InChI=1S/C14H23BrN2/c1-10(2)12(8-16-4)9-17-13-6-5-11(3)14(15)7-13/h5-7,10,12,16-17H,8-9H2,1-4H3. The summed E-state index contributed by atoms with van der Waals surface area (Å²) in [5.74, 6) is 1.34. The lowest BCUT2D eigenvalue weighted by Gasteiger charge is -2.21. The minimum atomic E-state index is 0.653. The number of aryl methyl sites for hydroxylation is 1. The molecule has 1 unspecified atom stereocenters. The molecule has 96 valence electrons. The minimum Gasteiger partial charge on any atom is -0.385 e. The van der Waals surface area contributed by atoms with Crippen LogP contribution in [0.3, 0.4) is 0 Å². The van der Waals surface area contributed by atoms with Crippen molar-refractivity contribution in [1.82, 2.24) is 5.32 Å². The molecule has 0 heterocycles. The van der Waals surface area contributed by atoms with Crippen LogP contribution >= 0.6 is 15.9 Å². The molecule has 0 aliphatic heterocycles. The molecule has 1 aromatic rings. The summed E-state index contributed by atoms with van der Waals surface area (Å²) in [4.78, 5) is 0. The molecule has 1 atom stereocenters. The third-order valence-corrected chi connectivity index (χ3v) is 4.00. The lowest BCUT2D eigenvalue weighted by atomic mass is 9.95. The van der Waals surface area contributed by atoms with E-state index in [4.69, 9.17) is 0 Å². The molecule has 1 rings (SSSR count). The molecule has 0 aliphatic rings. The number of hydrogen-bond donors (Lipinski definition) is 2. The molecule has 0 aliphatic carbocycles. The van der Waals surface area contributed by atoms with E-state index in [0.29, 0.717) is 11.8 Å². The first-order chi connectivity index (χ1) is 8.04. The van der Waals surface area contributed by atoms with Crippen molar-refractivity contribution in [1.29, 1.82) is 0 Å². The van der Waals surface area contributed by atoms with E-state index in [0.717, 1.165) is 17.6 Å². The quantitative estimate of drug-likeness (QED) is 0.837. The average molecular weight is 299 g/mol. The molecule has 1 aromatic carbocycles. The second-order valence-electron chi connectivity index (χ2n) is 4.91. The lowest BCUT2D eigenvalue weighted by molar-refractivity contribution is 0.390. The summed E-state index contributed by atoms with van der Waals surface area (Å²) in [5, 5.41) is 6.77. The molecule has 0 aromatic heterocycles. The fraction of sp³-hybridized carbons (Fsp3) is 0.571. The Morgan fingerprint density at radius 2 is 1.94 bits per heavy atom. The molecule has 17 heavy (non-hydrogen) atoms. The van der Waals surface area contributed by atoms with Crippen LogP contribution in [-0.2, 0) is 0 Å². The molecule has 2 nitrogen and oxygen atoms in total. The fourth-order valence-corrected chi connectivity index (χ4v) is 2.14. The molecule has 0 saturated carbocycles. The van der Waals surface area contributed by atoms with Crippen molar-refractivity contribution in [3.05, 3.63) is 28.2 Å². The maximum absolute atomic E-state index is 3.56. The van der Waals surface area contributed by atoms with Gasteiger partial charge in [-0.05, 0) is 50.0 Å². The molecule has 0 fully saturated rings. The van der Waals surface area contributed by atoms with Crippen molar-refractivity contribution in [3.63, 3.8) is 0 Å². The first-order valence-corrected chi connectivity index (χ1v) is 6.98. The maximum atomic E-state index is 3.56. The molecule has 0 bridgehead atoms. The van der Waals surface area contributed by atoms with E-state index in [2.05, 4.69) is 65.5 Å². The van der Waals surface area contributed by atoms with Gasteiger partial charge < -0.3 is 10.6 Å². The second-order valence-corrected chi connectivity index (χ2v) is 5.76. The summed E-state index contributed by atoms with van der Waals surface area (Å²) in [6.45, 7) is 8.71. The zero-order valence-electron chi connectivity index (χ0n) is 11.2. The van der Waals surface area contributed by atoms with Gasteiger partial charge in [0.1, 0.15) is 0 Å². The van der Waals surface area contributed by atoms with Crippen molar-refractivity contribution in [2.24, 2.45) is 11.8 Å². The van der Waals surface area contributed by atoms with Crippen LogP contribution in [0.15, 0.2) is 22.7 Å². The third kappa shape index (κ3) is 4.68. The Morgan fingerprint density at radius 3 is 2.47 bits per heavy atom. The highest BCUT2D eigenvalue weighted by Crippen LogP contribution is 2.21. The fourth-order valence-electron chi connectivity index (χ4n) is 1.76. The Kier molecular flexibility index (Phi) is 6.00. The van der Waals surface area contributed by atoms with Crippen molar-refractivity contribution < 1.29 is 0 Å². The summed E-state index contributed by atoms with van der Waals surface area (Å²) in [6, 6.07) is 6.41. The van der Waals surface area contributed by atoms with Crippen LogP contribution in [0.1, 0.15) is 19.4 Å². The van der Waals surface area contributed by atoms with Crippen LogP contribution in [0, 0.1) is 18.8 Å². The van der Waals surface area contributed by atoms with E-state index in [1.54, 1.807) is 0 Å². The summed E-state index contributed by atoms with van der Waals surface area (Å²) in [5.41, 5.74) is 2.45. The second kappa shape index (κ2) is 7.02. The Balaban J connectivity index is 2.56. The Morgan fingerprint density at radius 1 is 1.24 bits per heavy atom. The number of anilines is 1. The van der Waals surface area contributed by atoms with Gasteiger partial charge in [0.15, 0.2) is 0 Å². The number of halogens is 1. The zero-order valence-corrected chi connectivity index (χ0v) is 12.8. The molecule has 2 N–H and O–H groups in total. The zero-order chi connectivity index (χ0) is 12.8. The number of rotatable bonds is 6. The maximum Gasteiger partial charge on any atom is 0.0351 e. The first kappa shape index (κ1) is 14.5. The highest BCUT2D eigenvalue weighted by atomic mass is 79.9. The van der Waals surface area contributed by atoms with Crippen LogP contribution in [0.2, 0.25) is 0 Å². The minimum absolute atomic E-state index is 0.653. The molecule has 0 spiro atoms. The van der Waals surface area contributed by atoms with E-state index in [1.165, 1.54) is 11.3 Å². The predicted molar refractivity (Wildman–Crippen MR) is 79.6 cm³/mol. The Labute approximate surface area is 113 Å². The van der Waals surface area contributed by atoms with Crippen molar-refractivity contribution in [3.8, 4) is 0 Å². The van der Waals surface area contributed by atoms with Gasteiger partial charge in [-0.3, -0.25) is 0 Å². The predicted octanol–water partition coefficient (Wildman–Crippen LogP) is 3.66. The number of hydrogen-bond acceptors (Lipinski definition) is 2. The van der Waals surface area contributed by atoms with E-state index in [1.807, 2.05) is 7.05 Å². The van der Waals surface area contributed by atoms with Crippen molar-refractivity contribution in [2.45, 2.75) is 20.8 Å². The molecule has 0 saturated heterocycles. The van der Waals surface area contributed by atoms with Gasteiger partial charge in [-0.15, -0.1) is 0 Å². The highest BCUT2D eigenvalue weighted by Gasteiger charge is 2.12. The monoisotopic (exact) mass is 298 g/mol. The van der Waals surface area contributed by atoms with Crippen molar-refractivity contribution in [2.75, 3.05) is 25.5 Å². The van der Waals surface area contributed by atoms with Gasteiger partial charge in [-0.1, -0.05) is 35.8 Å². The van der Waals surface area contributed by atoms with Gasteiger partial charge in [0, 0.05) is 16.7 Å². The largest absolute Gasteiger partial charge is 0.385 e. The molecular formula is C14H23BrN2. The summed E-state index contributed by atoms with van der Waals surface area (Å²) in [7, 11) is 2.01. The van der Waals surface area contributed by atoms with Gasteiger partial charge in [-0.2, -0.15) is 0 Å². The van der Waals surface area contributed by atoms with Crippen LogP contribution in [-0.4, -0.2) is 20.1 Å². The van der Waals surface area contributed by atoms with Gasteiger partial charge in [0.05, 0.1) is 0 Å². The third-order valence-electron chi connectivity index (χ3n) is 3.15. The molecule has 3 heteroatoms. The summed E-state index contributed by atoms with van der Waals surface area (Å²) < 4.78 is 1.16. The van der Waals surface area contributed by atoms with Gasteiger partial charge in [0.2, 0.25) is 0 Å². The van der Waals surface area contributed by atoms with Crippen molar-refractivity contribution >= 4 is 21.6 Å². The van der Waals surface area contributed by atoms with E-state index >= 15 is 0 Å². The lowest BCUT2D eigenvalue weighted by Crippen LogP contribution is -2.29. The van der Waals surface area contributed by atoms with Gasteiger partial charge in [0.25, 0.3) is 0 Å². The van der Waals surface area contributed by atoms with Gasteiger partial charge >= 0.3 is 0 Å². The number of nitrogens with one attached hydrogen (secondary N) is 2. The van der Waals surface area contributed by atoms with Crippen LogP contribution < -0.4 is 10.6 Å². The Bertz CT molecular complexity index is 350. The van der Waals surface area contributed by atoms with Crippen LogP contribution in [0.5, 0.6) is 0 Å². The van der Waals surface area contributed by atoms with E-state index in [-0.39, 0.29) is 0 Å². The van der Waals surface area contributed by atoms with Crippen LogP contribution in [0.4, 0.5) is 5.69 Å². The van der Waals surface area contributed by atoms with E-state index < -0.39 is 0 Å². The highest BCUT2D eigenvalue weighted by molar-refractivity contribution is 9.10. The van der Waals surface area contributed by atoms with Crippen LogP contribution in [0.25, 0.3) is 0 Å².